The van der Waals surface area contributed by atoms with Crippen LogP contribution in [0.3, 0.4) is 0 Å². The Balaban J connectivity index is 1.27. The molecule has 2 aromatic rings. The van der Waals surface area contributed by atoms with Crippen LogP contribution in [-0.4, -0.2) is 35.5 Å². The van der Waals surface area contributed by atoms with Crippen LogP contribution in [-0.2, 0) is 11.2 Å². The summed E-state index contributed by atoms with van der Waals surface area (Å²) in [6.07, 6.45) is 6.04. The first-order valence-electron chi connectivity index (χ1n) is 10.2. The van der Waals surface area contributed by atoms with E-state index in [1.807, 2.05) is 0 Å². The van der Waals surface area contributed by atoms with E-state index >= 15 is 0 Å². The third kappa shape index (κ3) is 4.28. The molecule has 0 aliphatic carbocycles. The first kappa shape index (κ1) is 18.8. The predicted octanol–water partition coefficient (Wildman–Crippen LogP) is 4.38. The second-order valence-electron chi connectivity index (χ2n) is 8.02. The number of amides is 1. The van der Waals surface area contributed by atoms with Gasteiger partial charge in [-0.1, -0.05) is 35.9 Å². The Kier molecular flexibility index (Phi) is 5.49. The molecule has 146 valence electrons. The van der Waals surface area contributed by atoms with E-state index in [-0.39, 0.29) is 17.6 Å². The van der Waals surface area contributed by atoms with Crippen LogP contribution >= 0.6 is 0 Å². The van der Waals surface area contributed by atoms with E-state index in [0.717, 1.165) is 50.1 Å². The number of phenols is 1. The van der Waals surface area contributed by atoms with Gasteiger partial charge >= 0.3 is 0 Å². The highest BCUT2D eigenvalue weighted by molar-refractivity contribution is 5.95. The van der Waals surface area contributed by atoms with E-state index < -0.39 is 0 Å². The van der Waals surface area contributed by atoms with Crippen LogP contribution in [0.25, 0.3) is 5.57 Å². The summed E-state index contributed by atoms with van der Waals surface area (Å²) in [4.78, 5) is 14.8. The highest BCUT2D eigenvalue weighted by Gasteiger charge is 2.26. The molecule has 0 saturated heterocycles. The highest BCUT2D eigenvalue weighted by Crippen LogP contribution is 2.30. The number of hydrogen-bond donors (Lipinski definition) is 2. The molecule has 4 heteroatoms. The van der Waals surface area contributed by atoms with Gasteiger partial charge in [0.05, 0.1) is 0 Å². The lowest BCUT2D eigenvalue weighted by Gasteiger charge is -2.28. The Labute approximate surface area is 166 Å². The molecular formula is C24H28N2O2. The lowest BCUT2D eigenvalue weighted by atomic mass is 9.89. The Morgan fingerprint density at radius 2 is 2.00 bits per heavy atom. The van der Waals surface area contributed by atoms with Crippen LogP contribution in [0.2, 0.25) is 0 Å². The molecule has 28 heavy (non-hydrogen) atoms. The van der Waals surface area contributed by atoms with Gasteiger partial charge in [-0.2, -0.15) is 0 Å². The van der Waals surface area contributed by atoms with Gasteiger partial charge < -0.3 is 10.4 Å². The molecule has 2 aliphatic heterocycles. The third-order valence-electron chi connectivity index (χ3n) is 5.93. The first-order valence-corrected chi connectivity index (χ1v) is 10.2. The van der Waals surface area contributed by atoms with Crippen molar-refractivity contribution < 1.29 is 9.90 Å². The fraction of sp³-hybridized carbons (Fsp3) is 0.375. The summed E-state index contributed by atoms with van der Waals surface area (Å²) in [6.45, 7) is 5.20. The number of phenolic OH excluding ortho intramolecular Hbond substituents is 1. The summed E-state index contributed by atoms with van der Waals surface area (Å²) in [6, 6.07) is 14.0. The van der Waals surface area contributed by atoms with Crippen molar-refractivity contribution in [1.29, 1.82) is 0 Å². The molecule has 2 aliphatic rings. The van der Waals surface area contributed by atoms with Crippen molar-refractivity contribution in [1.82, 2.24) is 4.90 Å². The maximum Gasteiger partial charge on any atom is 0.227 e. The molecule has 2 N–H and O–H groups in total. The molecule has 0 saturated carbocycles. The van der Waals surface area contributed by atoms with Gasteiger partial charge in [-0.05, 0) is 74.1 Å². The molecule has 0 bridgehead atoms. The zero-order valence-corrected chi connectivity index (χ0v) is 16.4. The van der Waals surface area contributed by atoms with Crippen LogP contribution in [0.4, 0.5) is 5.69 Å². The lowest BCUT2D eigenvalue weighted by molar-refractivity contribution is -0.120. The molecule has 1 unspecified atom stereocenters. The lowest BCUT2D eigenvalue weighted by Crippen LogP contribution is -2.32. The minimum Gasteiger partial charge on any atom is -0.508 e. The largest absolute Gasteiger partial charge is 0.508 e. The smallest absolute Gasteiger partial charge is 0.227 e. The number of nitrogens with zero attached hydrogens (tertiary/aromatic N) is 1. The minimum absolute atomic E-state index is 0.00208. The average Bonchev–Trinajstić information content (AvgIpc) is 2.70. The Bertz CT molecular complexity index is 886. The molecule has 0 radical (unpaired) electrons. The van der Waals surface area contributed by atoms with Crippen molar-refractivity contribution in [3.05, 3.63) is 65.2 Å². The van der Waals surface area contributed by atoms with E-state index in [2.05, 4.69) is 47.5 Å². The second kappa shape index (κ2) is 8.19. The topological polar surface area (TPSA) is 52.6 Å². The van der Waals surface area contributed by atoms with Crippen molar-refractivity contribution in [3.63, 3.8) is 0 Å². The van der Waals surface area contributed by atoms with Gasteiger partial charge in [0.15, 0.2) is 0 Å². The summed E-state index contributed by atoms with van der Waals surface area (Å²) in [5.41, 5.74) is 5.95. The van der Waals surface area contributed by atoms with Crippen molar-refractivity contribution >= 4 is 17.2 Å². The number of fused-ring (bicyclic) bond motifs is 1. The van der Waals surface area contributed by atoms with E-state index in [1.165, 1.54) is 16.7 Å². The van der Waals surface area contributed by atoms with Gasteiger partial charge in [-0.3, -0.25) is 9.69 Å². The number of carbonyl (C=O) groups is 1. The van der Waals surface area contributed by atoms with E-state index in [0.29, 0.717) is 6.42 Å². The highest BCUT2D eigenvalue weighted by atomic mass is 16.3. The number of hydrogen-bond acceptors (Lipinski definition) is 3. The number of aryl methyl sites for hydroxylation is 1. The van der Waals surface area contributed by atoms with Crippen molar-refractivity contribution in [2.24, 2.45) is 5.92 Å². The van der Waals surface area contributed by atoms with Gasteiger partial charge in [0, 0.05) is 24.7 Å². The zero-order valence-electron chi connectivity index (χ0n) is 16.4. The van der Waals surface area contributed by atoms with Crippen molar-refractivity contribution in [2.45, 2.75) is 32.6 Å². The monoisotopic (exact) mass is 376 g/mol. The number of aromatic hydroxyl groups is 1. The Morgan fingerprint density at radius 3 is 2.75 bits per heavy atom. The molecule has 2 heterocycles. The summed E-state index contributed by atoms with van der Waals surface area (Å²) in [5, 5.41) is 12.7. The molecule has 4 rings (SSSR count). The number of anilines is 1. The third-order valence-corrected chi connectivity index (χ3v) is 5.93. The SMILES string of the molecule is Cc1ccc(C2=CCN(CCCC3Cc4cc(O)ccc4NC3=O)CC2)cc1. The normalized spacial score (nSPS) is 19.7. The van der Waals surface area contributed by atoms with E-state index in [1.54, 1.807) is 18.2 Å². The second-order valence-corrected chi connectivity index (χ2v) is 8.02. The van der Waals surface area contributed by atoms with Gasteiger partial charge in [0.25, 0.3) is 0 Å². The maximum absolute atomic E-state index is 12.4. The molecule has 1 amide bonds. The van der Waals surface area contributed by atoms with Crippen LogP contribution in [0.5, 0.6) is 5.75 Å². The van der Waals surface area contributed by atoms with Gasteiger partial charge in [-0.15, -0.1) is 0 Å². The van der Waals surface area contributed by atoms with E-state index in [4.69, 9.17) is 0 Å². The summed E-state index contributed by atoms with van der Waals surface area (Å²) in [7, 11) is 0. The number of nitrogens with one attached hydrogen (secondary N) is 1. The van der Waals surface area contributed by atoms with Crippen molar-refractivity contribution in [3.8, 4) is 5.75 Å². The number of rotatable bonds is 5. The minimum atomic E-state index is -0.00208. The van der Waals surface area contributed by atoms with Crippen LogP contribution < -0.4 is 5.32 Å². The van der Waals surface area contributed by atoms with Gasteiger partial charge in [0.2, 0.25) is 5.91 Å². The van der Waals surface area contributed by atoms with Gasteiger partial charge in [0.1, 0.15) is 5.75 Å². The number of carbonyl (C=O) groups excluding carboxylic acids is 1. The molecule has 1 atom stereocenters. The molecule has 0 fully saturated rings. The van der Waals surface area contributed by atoms with Crippen LogP contribution in [0, 0.1) is 12.8 Å². The fourth-order valence-corrected chi connectivity index (χ4v) is 4.20. The Hall–Kier alpha value is -2.59. The summed E-state index contributed by atoms with van der Waals surface area (Å²) >= 11 is 0. The first-order chi connectivity index (χ1) is 13.6. The molecule has 4 nitrogen and oxygen atoms in total. The van der Waals surface area contributed by atoms with Crippen molar-refractivity contribution in [2.75, 3.05) is 25.0 Å². The fourth-order valence-electron chi connectivity index (χ4n) is 4.20. The summed E-state index contributed by atoms with van der Waals surface area (Å²) < 4.78 is 0. The maximum atomic E-state index is 12.4. The van der Waals surface area contributed by atoms with Crippen LogP contribution in [0.1, 0.15) is 36.0 Å². The molecule has 2 aromatic carbocycles. The van der Waals surface area contributed by atoms with Crippen LogP contribution in [0.15, 0.2) is 48.5 Å². The molecule has 0 spiro atoms. The Morgan fingerprint density at radius 1 is 1.18 bits per heavy atom. The van der Waals surface area contributed by atoms with Gasteiger partial charge in [-0.25, -0.2) is 0 Å². The van der Waals surface area contributed by atoms with E-state index in [9.17, 15) is 9.90 Å². The quantitative estimate of drug-likeness (QED) is 0.762. The zero-order chi connectivity index (χ0) is 19.5. The predicted molar refractivity (Wildman–Crippen MR) is 113 cm³/mol. The average molecular weight is 377 g/mol. The molecule has 0 aromatic heterocycles. The number of benzene rings is 2. The summed E-state index contributed by atoms with van der Waals surface area (Å²) in [5.74, 6) is 0.370. The standard InChI is InChI=1S/C24H28N2O2/c1-17-4-6-18(7-5-17)19-10-13-26(14-11-19)12-2-3-20-15-21-16-22(27)8-9-23(21)25-24(20)28/h4-10,16,20,27H,2-3,11-15H2,1H3,(H,25,28). The molecular weight excluding hydrogens is 348 g/mol.